The highest BCUT2D eigenvalue weighted by molar-refractivity contribution is 9.10. The van der Waals surface area contributed by atoms with Crippen LogP contribution in [0.4, 0.5) is 11.4 Å². The molecule has 2 nitrogen and oxygen atoms in total. The minimum atomic E-state index is 0.264. The molecule has 112 valence electrons. The predicted molar refractivity (Wildman–Crippen MR) is 96.2 cm³/mol. The molecule has 2 aromatic carbocycles. The van der Waals surface area contributed by atoms with Gasteiger partial charge in [-0.3, -0.25) is 0 Å². The van der Waals surface area contributed by atoms with E-state index in [1.54, 1.807) is 0 Å². The summed E-state index contributed by atoms with van der Waals surface area (Å²) in [6.45, 7) is 8.63. The monoisotopic (exact) mass is 346 g/mol. The highest BCUT2D eigenvalue weighted by Gasteiger charge is 2.09. The van der Waals surface area contributed by atoms with Crippen molar-refractivity contribution in [2.24, 2.45) is 0 Å². The van der Waals surface area contributed by atoms with Crippen molar-refractivity contribution in [2.45, 2.75) is 26.8 Å². The van der Waals surface area contributed by atoms with Gasteiger partial charge < -0.3 is 10.2 Å². The first-order valence-electron chi connectivity index (χ1n) is 7.51. The molecule has 2 rings (SSSR count). The summed E-state index contributed by atoms with van der Waals surface area (Å²) in [6.07, 6.45) is 0. The van der Waals surface area contributed by atoms with Crippen molar-refractivity contribution in [1.82, 2.24) is 0 Å². The lowest BCUT2D eigenvalue weighted by Crippen LogP contribution is -2.21. The van der Waals surface area contributed by atoms with Crippen LogP contribution < -0.4 is 10.2 Å². The number of nitrogens with zero attached hydrogens (tertiary/aromatic N) is 1. The zero-order valence-corrected chi connectivity index (χ0v) is 14.5. The Hall–Kier alpha value is -1.48. The van der Waals surface area contributed by atoms with Gasteiger partial charge in [0.1, 0.15) is 0 Å². The summed E-state index contributed by atoms with van der Waals surface area (Å²) in [7, 11) is 0. The molecule has 1 unspecified atom stereocenters. The summed E-state index contributed by atoms with van der Waals surface area (Å²) in [5.74, 6) is 0. The molecular formula is C18H23BrN2. The molecule has 0 amide bonds. The Labute approximate surface area is 136 Å². The van der Waals surface area contributed by atoms with E-state index >= 15 is 0 Å². The number of halogens is 1. The summed E-state index contributed by atoms with van der Waals surface area (Å²) in [4.78, 5) is 2.35. The van der Waals surface area contributed by atoms with Gasteiger partial charge >= 0.3 is 0 Å². The van der Waals surface area contributed by atoms with Crippen molar-refractivity contribution in [1.29, 1.82) is 0 Å². The van der Waals surface area contributed by atoms with Gasteiger partial charge in [-0.1, -0.05) is 34.1 Å². The Morgan fingerprint density at radius 3 is 2.19 bits per heavy atom. The second-order valence-corrected chi connectivity index (χ2v) is 5.96. The quantitative estimate of drug-likeness (QED) is 0.746. The molecule has 1 atom stereocenters. The van der Waals surface area contributed by atoms with E-state index in [4.69, 9.17) is 0 Å². The largest absolute Gasteiger partial charge is 0.378 e. The molecule has 0 spiro atoms. The number of rotatable bonds is 6. The minimum Gasteiger partial charge on any atom is -0.378 e. The molecule has 0 saturated heterocycles. The van der Waals surface area contributed by atoms with E-state index in [9.17, 15) is 0 Å². The summed E-state index contributed by atoms with van der Waals surface area (Å²) in [5, 5.41) is 3.55. The van der Waals surface area contributed by atoms with Crippen LogP contribution in [0.15, 0.2) is 53.0 Å². The maximum absolute atomic E-state index is 3.61. The number of hydrogen-bond donors (Lipinski definition) is 1. The second kappa shape index (κ2) is 7.51. The summed E-state index contributed by atoms with van der Waals surface area (Å²) < 4.78 is 1.14. The van der Waals surface area contributed by atoms with E-state index in [1.807, 2.05) is 6.07 Å². The first-order chi connectivity index (χ1) is 10.2. The van der Waals surface area contributed by atoms with Gasteiger partial charge in [0.25, 0.3) is 0 Å². The number of nitrogens with one attached hydrogen (secondary N) is 1. The van der Waals surface area contributed by atoms with E-state index in [0.717, 1.165) is 23.2 Å². The summed E-state index contributed by atoms with van der Waals surface area (Å²) in [5.41, 5.74) is 3.69. The Morgan fingerprint density at radius 1 is 1.00 bits per heavy atom. The molecule has 0 heterocycles. The third-order valence-electron chi connectivity index (χ3n) is 3.75. The highest BCUT2D eigenvalue weighted by Crippen LogP contribution is 2.27. The van der Waals surface area contributed by atoms with Gasteiger partial charge in [0.2, 0.25) is 0 Å². The Balaban J connectivity index is 2.08. The van der Waals surface area contributed by atoms with Crippen LogP contribution in [0.2, 0.25) is 0 Å². The number of hydrogen-bond acceptors (Lipinski definition) is 2. The molecule has 21 heavy (non-hydrogen) atoms. The van der Waals surface area contributed by atoms with Crippen LogP contribution in [-0.2, 0) is 0 Å². The molecule has 0 aliphatic heterocycles. The molecule has 0 radical (unpaired) electrons. The van der Waals surface area contributed by atoms with Gasteiger partial charge in [-0.2, -0.15) is 0 Å². The van der Waals surface area contributed by atoms with Gasteiger partial charge in [-0.25, -0.2) is 0 Å². The zero-order valence-electron chi connectivity index (χ0n) is 12.9. The second-order valence-electron chi connectivity index (χ2n) is 5.11. The Morgan fingerprint density at radius 2 is 1.62 bits per heavy atom. The van der Waals surface area contributed by atoms with Gasteiger partial charge in [0.15, 0.2) is 0 Å². The molecule has 0 bridgehead atoms. The maximum Gasteiger partial charge on any atom is 0.0496 e. The maximum atomic E-state index is 3.61. The normalized spacial score (nSPS) is 12.0. The van der Waals surface area contributed by atoms with E-state index < -0.39 is 0 Å². The minimum absolute atomic E-state index is 0.264. The average Bonchev–Trinajstić information content (AvgIpc) is 2.50. The third-order valence-corrected chi connectivity index (χ3v) is 4.47. The fraction of sp³-hybridized carbons (Fsp3) is 0.333. The van der Waals surface area contributed by atoms with Crippen molar-refractivity contribution < 1.29 is 0 Å². The molecule has 0 aliphatic carbocycles. The zero-order chi connectivity index (χ0) is 15.2. The van der Waals surface area contributed by atoms with Crippen molar-refractivity contribution in [3.8, 4) is 0 Å². The topological polar surface area (TPSA) is 15.3 Å². The van der Waals surface area contributed by atoms with Crippen LogP contribution in [-0.4, -0.2) is 13.1 Å². The molecule has 3 heteroatoms. The van der Waals surface area contributed by atoms with E-state index in [0.29, 0.717) is 0 Å². The van der Waals surface area contributed by atoms with Crippen LogP contribution >= 0.6 is 15.9 Å². The van der Waals surface area contributed by atoms with Crippen molar-refractivity contribution in [3.63, 3.8) is 0 Å². The molecule has 2 aromatic rings. The first-order valence-corrected chi connectivity index (χ1v) is 8.31. The molecule has 0 fully saturated rings. The standard InChI is InChI=1S/C18H23BrN2/c1-4-21(5-2)16-12-10-15(11-13-16)20-14(3)17-8-6-7-9-18(17)19/h6-14,20H,4-5H2,1-3H3. The fourth-order valence-corrected chi connectivity index (χ4v) is 3.14. The molecule has 0 aliphatic rings. The SMILES string of the molecule is CCN(CC)c1ccc(NC(C)c2ccccc2Br)cc1. The summed E-state index contributed by atoms with van der Waals surface area (Å²) in [6, 6.07) is 17.3. The third kappa shape index (κ3) is 4.01. The van der Waals surface area contributed by atoms with Gasteiger partial charge in [-0.05, 0) is 56.7 Å². The van der Waals surface area contributed by atoms with Crippen LogP contribution in [0.3, 0.4) is 0 Å². The van der Waals surface area contributed by atoms with Gasteiger partial charge in [0, 0.05) is 35.0 Å². The van der Waals surface area contributed by atoms with Crippen molar-refractivity contribution >= 4 is 27.3 Å². The van der Waals surface area contributed by atoms with Gasteiger partial charge in [0.05, 0.1) is 0 Å². The Kier molecular flexibility index (Phi) is 5.68. The van der Waals surface area contributed by atoms with E-state index in [-0.39, 0.29) is 6.04 Å². The van der Waals surface area contributed by atoms with Crippen LogP contribution in [0.1, 0.15) is 32.4 Å². The van der Waals surface area contributed by atoms with Crippen molar-refractivity contribution in [3.05, 3.63) is 58.6 Å². The lowest BCUT2D eigenvalue weighted by molar-refractivity contribution is 0.863. The number of benzene rings is 2. The lowest BCUT2D eigenvalue weighted by Gasteiger charge is -2.22. The molecule has 0 aromatic heterocycles. The smallest absolute Gasteiger partial charge is 0.0496 e. The van der Waals surface area contributed by atoms with Crippen molar-refractivity contribution in [2.75, 3.05) is 23.3 Å². The first kappa shape index (κ1) is 15.9. The molecule has 0 saturated carbocycles. The molecule has 1 N–H and O–H groups in total. The lowest BCUT2D eigenvalue weighted by atomic mass is 10.1. The van der Waals surface area contributed by atoms with Crippen LogP contribution in [0, 0.1) is 0 Å². The average molecular weight is 347 g/mol. The summed E-state index contributed by atoms with van der Waals surface area (Å²) >= 11 is 3.61. The highest BCUT2D eigenvalue weighted by atomic mass is 79.9. The van der Waals surface area contributed by atoms with E-state index in [1.165, 1.54) is 11.3 Å². The van der Waals surface area contributed by atoms with Gasteiger partial charge in [-0.15, -0.1) is 0 Å². The Bertz CT molecular complexity index is 562. The fourth-order valence-electron chi connectivity index (χ4n) is 2.51. The number of anilines is 2. The predicted octanol–water partition coefficient (Wildman–Crippen LogP) is 5.47. The van der Waals surface area contributed by atoms with Crippen LogP contribution in [0.5, 0.6) is 0 Å². The van der Waals surface area contributed by atoms with Crippen LogP contribution in [0.25, 0.3) is 0 Å². The molecular weight excluding hydrogens is 324 g/mol. The van der Waals surface area contributed by atoms with E-state index in [2.05, 4.69) is 89.4 Å².